The van der Waals surface area contributed by atoms with Crippen LogP contribution in [0.15, 0.2) is 18.2 Å². The van der Waals surface area contributed by atoms with Crippen molar-refractivity contribution in [3.05, 3.63) is 46.5 Å². The molecule has 2 aromatic heterocycles. The van der Waals surface area contributed by atoms with Gasteiger partial charge in [-0.25, -0.2) is 4.98 Å². The van der Waals surface area contributed by atoms with Crippen LogP contribution < -0.4 is 5.73 Å². The van der Waals surface area contributed by atoms with Crippen LogP contribution >= 0.6 is 0 Å². The molecule has 6 nitrogen and oxygen atoms in total. The third-order valence-electron chi connectivity index (χ3n) is 4.81. The molecule has 1 aliphatic carbocycles. The lowest BCUT2D eigenvalue weighted by molar-refractivity contribution is 0.112. The van der Waals surface area contributed by atoms with Crippen molar-refractivity contribution in [2.24, 2.45) is 0 Å². The summed E-state index contributed by atoms with van der Waals surface area (Å²) in [6, 6.07) is 5.44. The van der Waals surface area contributed by atoms with Gasteiger partial charge in [0, 0.05) is 5.56 Å². The number of carbonyl (C=O) groups excluding carboxylic acids is 1. The van der Waals surface area contributed by atoms with Gasteiger partial charge in [-0.15, -0.1) is 0 Å². The Morgan fingerprint density at radius 3 is 2.79 bits per heavy atom. The standard InChI is InChI=1S/C18H19N5O/c1-10-11(2)21-17-14(20-10)4-3-5-15(17)23-16-8-12(9-24)6-7-13(16)22-18(23)19/h6-9,15H,3-5H2,1-2H3,(H2,19,22). The summed E-state index contributed by atoms with van der Waals surface area (Å²) >= 11 is 0. The molecular formula is C18H19N5O. The van der Waals surface area contributed by atoms with E-state index in [4.69, 9.17) is 15.7 Å². The summed E-state index contributed by atoms with van der Waals surface area (Å²) in [4.78, 5) is 25.1. The molecule has 6 heteroatoms. The van der Waals surface area contributed by atoms with Gasteiger partial charge in [0.15, 0.2) is 0 Å². The van der Waals surface area contributed by atoms with Crippen LogP contribution in [0.1, 0.15) is 52.0 Å². The van der Waals surface area contributed by atoms with E-state index in [0.717, 1.165) is 59.4 Å². The van der Waals surface area contributed by atoms with Gasteiger partial charge < -0.3 is 10.3 Å². The third kappa shape index (κ3) is 2.18. The molecule has 1 aromatic carbocycles. The molecule has 1 atom stereocenters. The van der Waals surface area contributed by atoms with Crippen LogP contribution in [0.3, 0.4) is 0 Å². The van der Waals surface area contributed by atoms with E-state index in [0.29, 0.717) is 11.5 Å². The molecule has 1 aliphatic rings. The molecule has 122 valence electrons. The molecule has 24 heavy (non-hydrogen) atoms. The van der Waals surface area contributed by atoms with Crippen LogP contribution in [0.2, 0.25) is 0 Å². The molecule has 3 aromatic rings. The fraction of sp³-hybridized carbons (Fsp3) is 0.333. The second-order valence-corrected chi connectivity index (χ2v) is 6.34. The molecule has 2 heterocycles. The maximum atomic E-state index is 11.1. The first kappa shape index (κ1) is 14.8. The van der Waals surface area contributed by atoms with Gasteiger partial charge in [0.2, 0.25) is 5.95 Å². The van der Waals surface area contributed by atoms with Crippen molar-refractivity contribution in [3.63, 3.8) is 0 Å². The zero-order chi connectivity index (χ0) is 16.8. The number of carbonyl (C=O) groups is 1. The number of nitrogens with two attached hydrogens (primary N) is 1. The van der Waals surface area contributed by atoms with Gasteiger partial charge in [-0.2, -0.15) is 0 Å². The van der Waals surface area contributed by atoms with E-state index >= 15 is 0 Å². The summed E-state index contributed by atoms with van der Waals surface area (Å²) in [6.45, 7) is 3.97. The largest absolute Gasteiger partial charge is 0.369 e. The van der Waals surface area contributed by atoms with Crippen molar-refractivity contribution in [2.45, 2.75) is 39.2 Å². The molecule has 0 fully saturated rings. The number of nitrogen functional groups attached to an aromatic ring is 1. The zero-order valence-electron chi connectivity index (χ0n) is 13.8. The second kappa shape index (κ2) is 5.40. The Labute approximate surface area is 139 Å². The number of benzene rings is 1. The number of nitrogens with zero attached hydrogens (tertiary/aromatic N) is 4. The molecule has 0 radical (unpaired) electrons. The number of aromatic nitrogens is 4. The highest BCUT2D eigenvalue weighted by atomic mass is 16.1. The first-order chi connectivity index (χ1) is 11.6. The summed E-state index contributed by atoms with van der Waals surface area (Å²) in [7, 11) is 0. The van der Waals surface area contributed by atoms with Gasteiger partial charge in [0.1, 0.15) is 6.29 Å². The number of fused-ring (bicyclic) bond motifs is 2. The van der Waals surface area contributed by atoms with E-state index in [1.165, 1.54) is 0 Å². The minimum absolute atomic E-state index is 0.00690. The summed E-state index contributed by atoms with van der Waals surface area (Å²) in [5.41, 5.74) is 12.4. The number of imidazole rings is 1. The minimum atomic E-state index is 0.00690. The van der Waals surface area contributed by atoms with E-state index in [9.17, 15) is 4.79 Å². The topological polar surface area (TPSA) is 86.7 Å². The van der Waals surface area contributed by atoms with Gasteiger partial charge in [-0.3, -0.25) is 14.8 Å². The van der Waals surface area contributed by atoms with E-state index < -0.39 is 0 Å². The van der Waals surface area contributed by atoms with E-state index in [-0.39, 0.29) is 6.04 Å². The van der Waals surface area contributed by atoms with Crippen molar-refractivity contribution >= 4 is 23.3 Å². The number of hydrogen-bond donors (Lipinski definition) is 1. The van der Waals surface area contributed by atoms with Crippen molar-refractivity contribution in [3.8, 4) is 0 Å². The molecule has 4 rings (SSSR count). The van der Waals surface area contributed by atoms with Gasteiger partial charge >= 0.3 is 0 Å². The van der Waals surface area contributed by atoms with Crippen LogP contribution in [0.4, 0.5) is 5.95 Å². The minimum Gasteiger partial charge on any atom is -0.369 e. The molecule has 2 N–H and O–H groups in total. The number of aryl methyl sites for hydroxylation is 3. The zero-order valence-corrected chi connectivity index (χ0v) is 13.8. The van der Waals surface area contributed by atoms with Gasteiger partial charge in [-0.05, 0) is 51.3 Å². The molecule has 0 saturated carbocycles. The maximum absolute atomic E-state index is 11.1. The molecular weight excluding hydrogens is 302 g/mol. The van der Waals surface area contributed by atoms with Crippen molar-refractivity contribution in [1.82, 2.24) is 19.5 Å². The average molecular weight is 321 g/mol. The molecule has 1 unspecified atom stereocenters. The van der Waals surface area contributed by atoms with Crippen LogP contribution in [0.25, 0.3) is 11.0 Å². The molecule has 0 aliphatic heterocycles. The van der Waals surface area contributed by atoms with Gasteiger partial charge in [-0.1, -0.05) is 0 Å². The average Bonchev–Trinajstić information content (AvgIpc) is 2.90. The third-order valence-corrected chi connectivity index (χ3v) is 4.81. The molecule has 0 saturated heterocycles. The van der Waals surface area contributed by atoms with E-state index in [2.05, 4.69) is 4.98 Å². The first-order valence-electron chi connectivity index (χ1n) is 8.15. The lowest BCUT2D eigenvalue weighted by Crippen LogP contribution is -2.22. The monoisotopic (exact) mass is 321 g/mol. The fourth-order valence-corrected chi connectivity index (χ4v) is 3.50. The van der Waals surface area contributed by atoms with E-state index in [1.54, 1.807) is 6.07 Å². The Balaban J connectivity index is 1.95. The first-order valence-corrected chi connectivity index (χ1v) is 8.15. The smallest absolute Gasteiger partial charge is 0.201 e. The highest BCUT2D eigenvalue weighted by Crippen LogP contribution is 2.35. The predicted octanol–water partition coefficient (Wildman–Crippen LogP) is 2.76. The number of hydrogen-bond acceptors (Lipinski definition) is 5. The van der Waals surface area contributed by atoms with Crippen LogP contribution in [0.5, 0.6) is 0 Å². The number of aldehydes is 1. The van der Waals surface area contributed by atoms with Crippen LogP contribution in [-0.2, 0) is 6.42 Å². The maximum Gasteiger partial charge on any atom is 0.201 e. The Morgan fingerprint density at radius 1 is 1.21 bits per heavy atom. The van der Waals surface area contributed by atoms with Crippen molar-refractivity contribution < 1.29 is 4.79 Å². The normalized spacial score (nSPS) is 17.0. The molecule has 0 spiro atoms. The van der Waals surface area contributed by atoms with Gasteiger partial charge in [0.25, 0.3) is 0 Å². The number of rotatable bonds is 2. The van der Waals surface area contributed by atoms with Crippen LogP contribution in [-0.4, -0.2) is 25.8 Å². The summed E-state index contributed by atoms with van der Waals surface area (Å²) in [5, 5.41) is 0. The lowest BCUT2D eigenvalue weighted by atomic mass is 9.94. The summed E-state index contributed by atoms with van der Waals surface area (Å²) in [5.74, 6) is 0.450. The SMILES string of the molecule is Cc1nc2c(nc1C)C(n1c(N)nc3ccc(C=O)cc31)CCC2. The summed E-state index contributed by atoms with van der Waals surface area (Å²) in [6.07, 6.45) is 3.74. The van der Waals surface area contributed by atoms with E-state index in [1.807, 2.05) is 30.5 Å². The number of anilines is 1. The molecule has 0 bridgehead atoms. The van der Waals surface area contributed by atoms with Crippen molar-refractivity contribution in [1.29, 1.82) is 0 Å². The fourth-order valence-electron chi connectivity index (χ4n) is 3.50. The predicted molar refractivity (Wildman–Crippen MR) is 92.1 cm³/mol. The highest BCUT2D eigenvalue weighted by molar-refractivity contribution is 5.86. The van der Waals surface area contributed by atoms with Crippen molar-refractivity contribution in [2.75, 3.05) is 5.73 Å². The Hall–Kier alpha value is -2.76. The lowest BCUT2D eigenvalue weighted by Gasteiger charge is -2.27. The second-order valence-electron chi connectivity index (χ2n) is 6.34. The van der Waals surface area contributed by atoms with Gasteiger partial charge in [0.05, 0.1) is 39.9 Å². The Kier molecular flexibility index (Phi) is 3.33. The quantitative estimate of drug-likeness (QED) is 0.733. The Bertz CT molecular complexity index is 960. The highest BCUT2D eigenvalue weighted by Gasteiger charge is 2.28. The Morgan fingerprint density at radius 2 is 2.00 bits per heavy atom. The van der Waals surface area contributed by atoms with Crippen LogP contribution in [0, 0.1) is 13.8 Å². The summed E-state index contributed by atoms with van der Waals surface area (Å²) < 4.78 is 2.00. The molecule has 0 amide bonds.